The lowest BCUT2D eigenvalue weighted by Gasteiger charge is -2.30. The molecule has 2 atom stereocenters. The van der Waals surface area contributed by atoms with E-state index in [4.69, 9.17) is 0 Å². The molecule has 2 unspecified atom stereocenters. The molecule has 0 aliphatic carbocycles. The SMILES string of the molecule is CC(O)c1csc(C2CCCCN2C)n1. The number of rotatable bonds is 2. The predicted molar refractivity (Wildman–Crippen MR) is 62.0 cm³/mol. The maximum Gasteiger partial charge on any atom is 0.110 e. The van der Waals surface area contributed by atoms with Gasteiger partial charge in [0.05, 0.1) is 17.8 Å². The van der Waals surface area contributed by atoms with E-state index in [1.807, 2.05) is 5.38 Å². The van der Waals surface area contributed by atoms with Crippen LogP contribution in [0.5, 0.6) is 0 Å². The Morgan fingerprint density at radius 3 is 3.00 bits per heavy atom. The molecule has 0 bridgehead atoms. The fraction of sp³-hybridized carbons (Fsp3) is 0.727. The maximum atomic E-state index is 9.43. The molecule has 0 spiro atoms. The van der Waals surface area contributed by atoms with Crippen LogP contribution >= 0.6 is 11.3 Å². The Balaban J connectivity index is 2.13. The standard InChI is InChI=1S/C11H18N2OS/c1-8(14)9-7-15-11(12-9)10-5-3-4-6-13(10)2/h7-8,10,14H,3-6H2,1-2H3. The third-order valence-electron chi connectivity index (χ3n) is 3.02. The van der Waals surface area contributed by atoms with Crippen LogP contribution in [0.15, 0.2) is 5.38 Å². The van der Waals surface area contributed by atoms with Crippen LogP contribution in [-0.4, -0.2) is 28.6 Å². The van der Waals surface area contributed by atoms with Crippen molar-refractivity contribution in [3.05, 3.63) is 16.1 Å². The average molecular weight is 226 g/mol. The zero-order valence-electron chi connectivity index (χ0n) is 9.31. The van der Waals surface area contributed by atoms with Gasteiger partial charge in [-0.3, -0.25) is 4.90 Å². The smallest absolute Gasteiger partial charge is 0.110 e. The summed E-state index contributed by atoms with van der Waals surface area (Å²) in [6, 6.07) is 0.469. The van der Waals surface area contributed by atoms with E-state index in [1.165, 1.54) is 19.3 Å². The van der Waals surface area contributed by atoms with Crippen LogP contribution in [0, 0.1) is 0 Å². The first-order valence-electron chi connectivity index (χ1n) is 5.52. The quantitative estimate of drug-likeness (QED) is 0.841. The molecular weight excluding hydrogens is 208 g/mol. The second kappa shape index (κ2) is 4.60. The van der Waals surface area contributed by atoms with Crippen molar-refractivity contribution in [2.24, 2.45) is 0 Å². The summed E-state index contributed by atoms with van der Waals surface area (Å²) in [6.07, 6.45) is 3.34. The lowest BCUT2D eigenvalue weighted by molar-refractivity contribution is 0.181. The van der Waals surface area contributed by atoms with Crippen LogP contribution in [0.2, 0.25) is 0 Å². The van der Waals surface area contributed by atoms with Crippen molar-refractivity contribution in [2.75, 3.05) is 13.6 Å². The average Bonchev–Trinajstić information content (AvgIpc) is 2.67. The second-order valence-corrected chi connectivity index (χ2v) is 5.17. The summed E-state index contributed by atoms with van der Waals surface area (Å²) in [4.78, 5) is 6.88. The number of thiazole rings is 1. The van der Waals surface area contributed by atoms with Crippen LogP contribution in [0.3, 0.4) is 0 Å². The molecule has 0 amide bonds. The summed E-state index contributed by atoms with van der Waals surface area (Å²) in [5.74, 6) is 0. The van der Waals surface area contributed by atoms with Gasteiger partial charge < -0.3 is 5.11 Å². The van der Waals surface area contributed by atoms with Crippen molar-refractivity contribution in [3.63, 3.8) is 0 Å². The molecule has 1 aromatic heterocycles. The summed E-state index contributed by atoms with van der Waals surface area (Å²) in [5.41, 5.74) is 0.814. The summed E-state index contributed by atoms with van der Waals surface area (Å²) in [6.45, 7) is 2.93. The third-order valence-corrected chi connectivity index (χ3v) is 3.99. The molecule has 4 heteroatoms. The topological polar surface area (TPSA) is 36.4 Å². The number of likely N-dealkylation sites (tertiary alicyclic amines) is 1. The Labute approximate surface area is 94.8 Å². The van der Waals surface area contributed by atoms with E-state index in [1.54, 1.807) is 18.3 Å². The van der Waals surface area contributed by atoms with Gasteiger partial charge in [0.15, 0.2) is 0 Å². The number of aliphatic hydroxyl groups excluding tert-OH is 1. The van der Waals surface area contributed by atoms with Crippen molar-refractivity contribution in [3.8, 4) is 0 Å². The van der Waals surface area contributed by atoms with E-state index < -0.39 is 6.10 Å². The highest BCUT2D eigenvalue weighted by atomic mass is 32.1. The molecular formula is C11H18N2OS. The molecule has 2 heterocycles. The van der Waals surface area contributed by atoms with Gasteiger partial charge in [0, 0.05) is 5.38 Å². The molecule has 15 heavy (non-hydrogen) atoms. The van der Waals surface area contributed by atoms with Crippen LogP contribution in [0.25, 0.3) is 0 Å². The van der Waals surface area contributed by atoms with Crippen molar-refractivity contribution in [1.82, 2.24) is 9.88 Å². The fourth-order valence-corrected chi connectivity index (χ4v) is 3.14. The fourth-order valence-electron chi connectivity index (χ4n) is 2.03. The Morgan fingerprint density at radius 1 is 1.60 bits per heavy atom. The molecule has 2 rings (SSSR count). The molecule has 0 saturated carbocycles. The number of hydrogen-bond donors (Lipinski definition) is 1. The third kappa shape index (κ3) is 2.38. The maximum absolute atomic E-state index is 9.43. The van der Waals surface area contributed by atoms with E-state index >= 15 is 0 Å². The van der Waals surface area contributed by atoms with Gasteiger partial charge in [-0.25, -0.2) is 4.98 Å². The highest BCUT2D eigenvalue weighted by molar-refractivity contribution is 7.09. The van der Waals surface area contributed by atoms with Crippen molar-refractivity contribution >= 4 is 11.3 Å². The van der Waals surface area contributed by atoms with Gasteiger partial charge >= 0.3 is 0 Å². The Kier molecular flexibility index (Phi) is 3.38. The highest BCUT2D eigenvalue weighted by Crippen LogP contribution is 2.32. The lowest BCUT2D eigenvalue weighted by Crippen LogP contribution is -2.29. The van der Waals surface area contributed by atoms with E-state index in [9.17, 15) is 5.11 Å². The molecule has 1 aliphatic rings. The van der Waals surface area contributed by atoms with E-state index in [2.05, 4.69) is 16.9 Å². The van der Waals surface area contributed by atoms with Crippen LogP contribution in [0.1, 0.15) is 49.0 Å². The van der Waals surface area contributed by atoms with Gasteiger partial charge in [0.2, 0.25) is 0 Å². The zero-order chi connectivity index (χ0) is 10.8. The van der Waals surface area contributed by atoms with Gasteiger partial charge in [-0.2, -0.15) is 0 Å². The van der Waals surface area contributed by atoms with Crippen LogP contribution in [-0.2, 0) is 0 Å². The molecule has 1 saturated heterocycles. The number of nitrogens with zero attached hydrogens (tertiary/aromatic N) is 2. The highest BCUT2D eigenvalue weighted by Gasteiger charge is 2.23. The Hall–Kier alpha value is -0.450. The second-order valence-electron chi connectivity index (χ2n) is 4.28. The first-order chi connectivity index (χ1) is 7.18. The first-order valence-corrected chi connectivity index (χ1v) is 6.40. The summed E-state index contributed by atoms with van der Waals surface area (Å²) in [5, 5.41) is 12.6. The van der Waals surface area contributed by atoms with Crippen LogP contribution in [0.4, 0.5) is 0 Å². The molecule has 84 valence electrons. The van der Waals surface area contributed by atoms with E-state index in [0.717, 1.165) is 17.2 Å². The van der Waals surface area contributed by atoms with E-state index in [-0.39, 0.29) is 0 Å². The molecule has 0 radical (unpaired) electrons. The molecule has 0 aromatic carbocycles. The Morgan fingerprint density at radius 2 is 2.40 bits per heavy atom. The van der Waals surface area contributed by atoms with Gasteiger partial charge in [0.1, 0.15) is 5.01 Å². The van der Waals surface area contributed by atoms with Crippen molar-refractivity contribution < 1.29 is 5.11 Å². The van der Waals surface area contributed by atoms with Gasteiger partial charge in [-0.05, 0) is 33.4 Å². The monoisotopic (exact) mass is 226 g/mol. The van der Waals surface area contributed by atoms with Crippen LogP contribution < -0.4 is 0 Å². The number of hydrogen-bond acceptors (Lipinski definition) is 4. The minimum Gasteiger partial charge on any atom is -0.387 e. The van der Waals surface area contributed by atoms with Crippen molar-refractivity contribution in [1.29, 1.82) is 0 Å². The largest absolute Gasteiger partial charge is 0.387 e. The molecule has 3 nitrogen and oxygen atoms in total. The summed E-state index contributed by atoms with van der Waals surface area (Å²) >= 11 is 1.68. The zero-order valence-corrected chi connectivity index (χ0v) is 10.1. The van der Waals surface area contributed by atoms with Gasteiger partial charge in [0.25, 0.3) is 0 Å². The predicted octanol–water partition coefficient (Wildman–Crippen LogP) is 2.35. The normalized spacial score (nSPS) is 25.4. The molecule has 1 N–H and O–H groups in total. The number of aliphatic hydroxyl groups is 1. The first kappa shape index (κ1) is 11.0. The summed E-state index contributed by atoms with van der Waals surface area (Å²) in [7, 11) is 2.16. The van der Waals surface area contributed by atoms with E-state index in [0.29, 0.717) is 6.04 Å². The Bertz CT molecular complexity index is 324. The minimum absolute atomic E-state index is 0.441. The summed E-state index contributed by atoms with van der Waals surface area (Å²) < 4.78 is 0. The molecule has 1 aliphatic heterocycles. The lowest BCUT2D eigenvalue weighted by atomic mass is 10.0. The van der Waals surface area contributed by atoms with Gasteiger partial charge in [-0.1, -0.05) is 6.42 Å². The van der Waals surface area contributed by atoms with Crippen molar-refractivity contribution in [2.45, 2.75) is 38.3 Å². The molecule has 1 aromatic rings. The molecule has 1 fully saturated rings. The number of piperidine rings is 1. The minimum atomic E-state index is -0.441. The number of aromatic nitrogens is 1. The van der Waals surface area contributed by atoms with Gasteiger partial charge in [-0.15, -0.1) is 11.3 Å².